The quantitative estimate of drug-likeness (QED) is 0.0936. The number of hydrogen-bond acceptors (Lipinski definition) is 8. The van der Waals surface area contributed by atoms with Crippen molar-refractivity contribution in [2.75, 3.05) is 51.6 Å². The molecule has 0 aliphatic rings. The molecule has 4 rings (SSSR count). The van der Waals surface area contributed by atoms with Crippen LogP contribution in [0, 0.1) is 6.92 Å². The molecule has 0 amide bonds. The molecule has 10 nitrogen and oxygen atoms in total. The van der Waals surface area contributed by atoms with Crippen molar-refractivity contribution in [3.8, 4) is 5.75 Å². The van der Waals surface area contributed by atoms with Gasteiger partial charge in [-0.2, -0.15) is 0 Å². The van der Waals surface area contributed by atoms with Gasteiger partial charge in [-0.1, -0.05) is 18.2 Å². The van der Waals surface area contributed by atoms with E-state index in [0.717, 1.165) is 51.6 Å². The summed E-state index contributed by atoms with van der Waals surface area (Å²) in [6.07, 6.45) is 4.14. The summed E-state index contributed by atoms with van der Waals surface area (Å²) in [6, 6.07) is 14.0. The van der Waals surface area contributed by atoms with Crippen molar-refractivity contribution in [1.82, 2.24) is 9.97 Å². The van der Waals surface area contributed by atoms with E-state index in [2.05, 4.69) is 29.0 Å². The van der Waals surface area contributed by atoms with Crippen LogP contribution < -0.4 is 10.5 Å². The largest absolute Gasteiger partial charge is 0.491 e. The third kappa shape index (κ3) is 9.22. The molecule has 1 unspecified atom stereocenters. The summed E-state index contributed by atoms with van der Waals surface area (Å²) < 4.78 is 27.8. The Morgan fingerprint density at radius 3 is 2.43 bits per heavy atom. The fourth-order valence-corrected chi connectivity index (χ4v) is 5.10. The van der Waals surface area contributed by atoms with E-state index in [9.17, 15) is 14.3 Å². The Morgan fingerprint density at radius 2 is 1.69 bits per heavy atom. The molecule has 0 spiro atoms. The summed E-state index contributed by atoms with van der Waals surface area (Å²) in [5.41, 5.74) is 12.0. The summed E-state index contributed by atoms with van der Waals surface area (Å²) in [5, 5.41) is 10.9. The molecule has 0 aliphatic heterocycles. The smallest absolute Gasteiger partial charge is 0.303 e. The molecule has 1 atom stereocenters. The van der Waals surface area contributed by atoms with Crippen LogP contribution in [0.25, 0.3) is 21.8 Å². The highest BCUT2D eigenvalue weighted by atomic mass is 31.2. The number of nitrogens with two attached hydrogens (primary N) is 1. The zero-order valence-electron chi connectivity index (χ0n) is 24.0. The predicted octanol–water partition coefficient (Wildman–Crippen LogP) is 4.79. The maximum Gasteiger partial charge on any atom is 0.303 e. The number of hydrogen-bond donors (Lipinski definition) is 3. The van der Waals surface area contributed by atoms with E-state index in [1.54, 1.807) is 0 Å². The third-order valence-corrected chi connectivity index (χ3v) is 7.94. The molecule has 4 aromatic rings. The fraction of sp³-hybridized carbons (Fsp3) is 0.387. The second kappa shape index (κ2) is 14.6. The maximum absolute atomic E-state index is 11.2. The molecule has 0 bridgehead atoms. The number of ether oxygens (including phenoxy) is 3. The normalized spacial score (nSPS) is 12.9. The Balaban J connectivity index is 1.30. The molecular formula is C31H38N3O7P. The second-order valence-electron chi connectivity index (χ2n) is 10.4. The van der Waals surface area contributed by atoms with E-state index in [-0.39, 0.29) is 19.2 Å². The monoisotopic (exact) mass is 595 g/mol. The van der Waals surface area contributed by atoms with Gasteiger partial charge in [0.2, 0.25) is 0 Å². The van der Waals surface area contributed by atoms with Gasteiger partial charge in [0.1, 0.15) is 17.9 Å². The first kappa shape index (κ1) is 31.4. The Morgan fingerprint density at radius 1 is 0.929 bits per heavy atom. The third-order valence-electron chi connectivity index (χ3n) is 6.92. The lowest BCUT2D eigenvalue weighted by molar-refractivity contribution is -0.136. The van der Waals surface area contributed by atoms with Crippen LogP contribution in [0.1, 0.15) is 28.7 Å². The van der Waals surface area contributed by atoms with Crippen molar-refractivity contribution in [3.05, 3.63) is 70.9 Å². The number of benzene rings is 2. The number of fused-ring (bicyclic) bond motifs is 3. The molecule has 0 radical (unpaired) electrons. The van der Waals surface area contributed by atoms with E-state index >= 15 is 0 Å². The van der Waals surface area contributed by atoms with Gasteiger partial charge in [-0.3, -0.25) is 14.3 Å². The SMILES string of the molecule is Cc1cc(OCCOCCOCCP(C)(=O)O)ccc1CCc1cnc2c(N)nc3cc(CCC(=O)O)ccc3c2c1. The molecule has 4 N–H and O–H groups in total. The van der Waals surface area contributed by atoms with E-state index in [1.807, 2.05) is 36.5 Å². The number of carbonyl (C=O) groups is 1. The molecule has 0 aliphatic carbocycles. The van der Waals surface area contributed by atoms with Crippen molar-refractivity contribution in [2.24, 2.45) is 0 Å². The average Bonchev–Trinajstić information content (AvgIpc) is 2.94. The van der Waals surface area contributed by atoms with Crippen molar-refractivity contribution >= 4 is 41.0 Å². The van der Waals surface area contributed by atoms with Gasteiger partial charge < -0.3 is 29.9 Å². The van der Waals surface area contributed by atoms with Crippen LogP contribution in [0.2, 0.25) is 0 Å². The van der Waals surface area contributed by atoms with Gasteiger partial charge in [-0.15, -0.1) is 0 Å². The zero-order valence-corrected chi connectivity index (χ0v) is 24.9. The highest BCUT2D eigenvalue weighted by Gasteiger charge is 2.11. The lowest BCUT2D eigenvalue weighted by Gasteiger charge is -2.12. The van der Waals surface area contributed by atoms with Gasteiger partial charge in [0, 0.05) is 36.2 Å². The number of aryl methyl sites for hydroxylation is 4. The molecule has 2 aromatic carbocycles. The van der Waals surface area contributed by atoms with Crippen molar-refractivity contribution < 1.29 is 33.6 Å². The van der Waals surface area contributed by atoms with E-state index in [0.29, 0.717) is 44.2 Å². The van der Waals surface area contributed by atoms with Gasteiger partial charge in [0.05, 0.1) is 31.9 Å². The summed E-state index contributed by atoms with van der Waals surface area (Å²) in [5.74, 6) is 0.308. The number of anilines is 1. The fourth-order valence-electron chi connectivity index (χ4n) is 4.63. The highest BCUT2D eigenvalue weighted by Crippen LogP contribution is 2.34. The van der Waals surface area contributed by atoms with Gasteiger partial charge in [-0.05, 0) is 72.7 Å². The zero-order chi connectivity index (χ0) is 30.1. The first-order valence-electron chi connectivity index (χ1n) is 13.9. The molecule has 0 fully saturated rings. The van der Waals surface area contributed by atoms with E-state index in [4.69, 9.17) is 25.1 Å². The number of nitrogen functional groups attached to an aromatic ring is 1. The minimum Gasteiger partial charge on any atom is -0.491 e. The minimum absolute atomic E-state index is 0.0660. The predicted molar refractivity (Wildman–Crippen MR) is 164 cm³/mol. The van der Waals surface area contributed by atoms with E-state index < -0.39 is 13.3 Å². The first-order chi connectivity index (χ1) is 20.1. The Hall–Kier alpha value is -3.56. The molecule has 11 heteroatoms. The van der Waals surface area contributed by atoms with Crippen LogP contribution in [0.4, 0.5) is 5.82 Å². The average molecular weight is 596 g/mol. The van der Waals surface area contributed by atoms with Gasteiger partial charge in [0.25, 0.3) is 0 Å². The van der Waals surface area contributed by atoms with E-state index in [1.165, 1.54) is 12.2 Å². The summed E-state index contributed by atoms with van der Waals surface area (Å²) in [4.78, 5) is 29.3. The molecule has 224 valence electrons. The number of rotatable bonds is 16. The molecular weight excluding hydrogens is 557 g/mol. The number of carboxylic acid groups (broad SMARTS) is 1. The standard InChI is InChI=1S/C31H38N3O7P/c1-21-17-25(41-14-13-39-11-12-40-15-16-42(2,37)38)8-7-24(21)6-3-23-18-27-26-9-4-22(5-10-29(35)36)19-28(26)34-31(32)30(27)33-20-23/h4,7-9,17-20H,3,5-6,10-16H2,1-2H3,(H2,32,34)(H,35,36)(H,37,38). The van der Waals surface area contributed by atoms with Crippen LogP contribution in [-0.2, 0) is 38.1 Å². The lowest BCUT2D eigenvalue weighted by Crippen LogP contribution is -2.12. The second-order valence-corrected chi connectivity index (χ2v) is 13.0. The molecule has 0 saturated heterocycles. The minimum atomic E-state index is -3.03. The lowest BCUT2D eigenvalue weighted by atomic mass is 9.99. The number of pyridine rings is 2. The van der Waals surface area contributed by atoms with Crippen molar-refractivity contribution in [3.63, 3.8) is 0 Å². The van der Waals surface area contributed by atoms with Gasteiger partial charge in [-0.25, -0.2) is 4.98 Å². The first-order valence-corrected chi connectivity index (χ1v) is 16.2. The summed E-state index contributed by atoms with van der Waals surface area (Å²) in [7, 11) is -3.03. The van der Waals surface area contributed by atoms with Gasteiger partial charge >= 0.3 is 5.97 Å². The van der Waals surface area contributed by atoms with Crippen LogP contribution >= 0.6 is 7.37 Å². The number of aliphatic carboxylic acids is 1. The van der Waals surface area contributed by atoms with Crippen LogP contribution in [0.3, 0.4) is 0 Å². The topological polar surface area (TPSA) is 154 Å². The van der Waals surface area contributed by atoms with Gasteiger partial charge in [0.15, 0.2) is 13.2 Å². The highest BCUT2D eigenvalue weighted by molar-refractivity contribution is 7.57. The number of carboxylic acids is 1. The maximum atomic E-state index is 11.2. The molecule has 2 heterocycles. The molecule has 42 heavy (non-hydrogen) atoms. The Labute approximate surface area is 245 Å². The Bertz CT molecular complexity index is 1590. The number of nitrogens with zero attached hydrogens (tertiary/aromatic N) is 2. The molecule has 2 aromatic heterocycles. The van der Waals surface area contributed by atoms with Crippen LogP contribution in [0.5, 0.6) is 5.75 Å². The van der Waals surface area contributed by atoms with Crippen LogP contribution in [0.15, 0.2) is 48.7 Å². The van der Waals surface area contributed by atoms with Crippen molar-refractivity contribution in [2.45, 2.75) is 32.6 Å². The van der Waals surface area contributed by atoms with Crippen molar-refractivity contribution in [1.29, 1.82) is 0 Å². The summed E-state index contributed by atoms with van der Waals surface area (Å²) in [6.45, 7) is 5.24. The summed E-state index contributed by atoms with van der Waals surface area (Å²) >= 11 is 0. The molecule has 0 saturated carbocycles. The van der Waals surface area contributed by atoms with Crippen LogP contribution in [-0.4, -0.2) is 71.8 Å². The Kier molecular flexibility index (Phi) is 10.9. The number of aromatic nitrogens is 2.